The average Bonchev–Trinajstić information content (AvgIpc) is 1.69. The van der Waals surface area contributed by atoms with Gasteiger partial charge < -0.3 is 9.64 Å². The Bertz CT molecular complexity index is 112. The summed E-state index contributed by atoms with van der Waals surface area (Å²) in [4.78, 5) is 1.80. The summed E-state index contributed by atoms with van der Waals surface area (Å²) in [6.07, 6.45) is 0. The SMILES string of the molecule is C=C=C(OC)N(C)C. The van der Waals surface area contributed by atoms with Gasteiger partial charge in [-0.3, -0.25) is 0 Å². The molecule has 0 aliphatic rings. The second-order valence-corrected chi connectivity index (χ2v) is 1.58. The van der Waals surface area contributed by atoms with Crippen LogP contribution in [0.4, 0.5) is 0 Å². The highest BCUT2D eigenvalue weighted by Crippen LogP contribution is 1.92. The normalized spacial score (nSPS) is 7.38. The van der Waals surface area contributed by atoms with Crippen LogP contribution in [0.3, 0.4) is 0 Å². The van der Waals surface area contributed by atoms with Crippen LogP contribution in [0.2, 0.25) is 0 Å². The van der Waals surface area contributed by atoms with E-state index >= 15 is 0 Å². The average molecular weight is 113 g/mol. The molecule has 0 N–H and O–H groups in total. The highest BCUT2D eigenvalue weighted by molar-refractivity contribution is 4.84. The van der Waals surface area contributed by atoms with Gasteiger partial charge in [0.15, 0.2) is 0 Å². The van der Waals surface area contributed by atoms with Crippen LogP contribution in [0.25, 0.3) is 0 Å². The number of ether oxygens (including phenoxy) is 1. The molecular weight excluding hydrogens is 102 g/mol. The Kier molecular flexibility index (Phi) is 2.82. The maximum atomic E-state index is 4.83. The van der Waals surface area contributed by atoms with Gasteiger partial charge in [0, 0.05) is 14.1 Å². The lowest BCUT2D eigenvalue weighted by molar-refractivity contribution is 0.195. The van der Waals surface area contributed by atoms with Crippen LogP contribution in [-0.2, 0) is 4.74 Å². The van der Waals surface area contributed by atoms with Crippen molar-refractivity contribution in [3.63, 3.8) is 0 Å². The fourth-order valence-corrected chi connectivity index (χ4v) is 0.413. The molecule has 2 nitrogen and oxygen atoms in total. The molecular formula is C6H11NO. The first-order chi connectivity index (χ1) is 3.72. The summed E-state index contributed by atoms with van der Waals surface area (Å²) in [5.74, 6) is 0.657. The number of rotatable bonds is 2. The van der Waals surface area contributed by atoms with Crippen molar-refractivity contribution in [2.75, 3.05) is 21.2 Å². The summed E-state index contributed by atoms with van der Waals surface area (Å²) < 4.78 is 4.83. The van der Waals surface area contributed by atoms with E-state index in [1.807, 2.05) is 14.1 Å². The first-order valence-corrected chi connectivity index (χ1v) is 2.33. The topological polar surface area (TPSA) is 12.5 Å². The molecule has 0 fully saturated rings. The third-order valence-corrected chi connectivity index (χ3v) is 0.751. The lowest BCUT2D eigenvalue weighted by Gasteiger charge is -2.11. The van der Waals surface area contributed by atoms with Gasteiger partial charge in [-0.05, 0) is 0 Å². The van der Waals surface area contributed by atoms with Crippen LogP contribution in [0, 0.1) is 0 Å². The molecule has 0 bridgehead atoms. The molecule has 0 amide bonds. The van der Waals surface area contributed by atoms with Gasteiger partial charge in [-0.1, -0.05) is 12.3 Å². The summed E-state index contributed by atoms with van der Waals surface area (Å²) in [7, 11) is 5.33. The summed E-state index contributed by atoms with van der Waals surface area (Å²) in [5.41, 5.74) is 2.62. The van der Waals surface area contributed by atoms with E-state index in [2.05, 4.69) is 12.3 Å². The lowest BCUT2D eigenvalue weighted by atomic mass is 10.7. The van der Waals surface area contributed by atoms with Crippen LogP contribution >= 0.6 is 0 Å². The van der Waals surface area contributed by atoms with Crippen molar-refractivity contribution in [2.45, 2.75) is 0 Å². The van der Waals surface area contributed by atoms with Gasteiger partial charge in [0.2, 0.25) is 5.88 Å². The van der Waals surface area contributed by atoms with Gasteiger partial charge in [-0.25, -0.2) is 0 Å². The summed E-state index contributed by atoms with van der Waals surface area (Å²) in [6.45, 7) is 3.42. The lowest BCUT2D eigenvalue weighted by Crippen LogP contribution is -2.11. The predicted molar refractivity (Wildman–Crippen MR) is 33.3 cm³/mol. The Hall–Kier alpha value is -0.880. The van der Waals surface area contributed by atoms with Crippen LogP contribution in [0.5, 0.6) is 0 Å². The van der Waals surface area contributed by atoms with Crippen molar-refractivity contribution in [1.82, 2.24) is 4.90 Å². The molecule has 0 heterocycles. The monoisotopic (exact) mass is 113 g/mol. The summed E-state index contributed by atoms with van der Waals surface area (Å²) >= 11 is 0. The van der Waals surface area contributed by atoms with E-state index in [0.29, 0.717) is 5.88 Å². The highest BCUT2D eigenvalue weighted by atomic mass is 16.5. The first-order valence-electron chi connectivity index (χ1n) is 2.33. The van der Waals surface area contributed by atoms with Crippen LogP contribution in [-0.4, -0.2) is 26.1 Å². The molecule has 0 aromatic carbocycles. The fraction of sp³-hybridized carbons (Fsp3) is 0.500. The minimum absolute atomic E-state index is 0.657. The zero-order chi connectivity index (χ0) is 6.57. The Morgan fingerprint density at radius 2 is 2.12 bits per heavy atom. The molecule has 8 heavy (non-hydrogen) atoms. The van der Waals surface area contributed by atoms with E-state index in [0.717, 1.165) is 0 Å². The number of hydrogen-bond donors (Lipinski definition) is 0. The Balaban J connectivity index is 3.92. The molecule has 0 aromatic rings. The molecule has 2 heteroatoms. The van der Waals surface area contributed by atoms with Crippen LogP contribution in [0.15, 0.2) is 18.2 Å². The van der Waals surface area contributed by atoms with Crippen molar-refractivity contribution < 1.29 is 4.74 Å². The quantitative estimate of drug-likeness (QED) is 0.388. The van der Waals surface area contributed by atoms with Gasteiger partial charge in [-0.15, -0.1) is 0 Å². The minimum Gasteiger partial charge on any atom is -0.477 e. The van der Waals surface area contributed by atoms with Crippen molar-refractivity contribution in [3.05, 3.63) is 18.2 Å². The smallest absolute Gasteiger partial charge is 0.234 e. The Morgan fingerprint density at radius 1 is 1.62 bits per heavy atom. The highest BCUT2D eigenvalue weighted by Gasteiger charge is 1.91. The van der Waals surface area contributed by atoms with E-state index in [-0.39, 0.29) is 0 Å². The molecule has 0 radical (unpaired) electrons. The molecule has 0 aliphatic carbocycles. The van der Waals surface area contributed by atoms with Gasteiger partial charge in [0.25, 0.3) is 0 Å². The maximum Gasteiger partial charge on any atom is 0.234 e. The van der Waals surface area contributed by atoms with Crippen LogP contribution < -0.4 is 0 Å². The fourth-order valence-electron chi connectivity index (χ4n) is 0.413. The molecule has 0 aliphatic heterocycles. The van der Waals surface area contributed by atoms with E-state index < -0.39 is 0 Å². The molecule has 46 valence electrons. The summed E-state index contributed by atoms with van der Waals surface area (Å²) in [5, 5.41) is 0. The second-order valence-electron chi connectivity index (χ2n) is 1.58. The van der Waals surface area contributed by atoms with Crippen molar-refractivity contribution >= 4 is 0 Å². The van der Waals surface area contributed by atoms with Crippen molar-refractivity contribution in [2.24, 2.45) is 0 Å². The first kappa shape index (κ1) is 7.12. The molecule has 0 unspecified atom stereocenters. The van der Waals surface area contributed by atoms with E-state index in [9.17, 15) is 0 Å². The number of nitrogens with zero attached hydrogens (tertiary/aromatic N) is 1. The molecule has 0 spiro atoms. The molecule has 0 aromatic heterocycles. The molecule has 0 saturated heterocycles. The third kappa shape index (κ3) is 1.71. The number of hydrogen-bond acceptors (Lipinski definition) is 2. The van der Waals surface area contributed by atoms with Crippen molar-refractivity contribution in [1.29, 1.82) is 0 Å². The minimum atomic E-state index is 0.657. The van der Waals surface area contributed by atoms with Crippen molar-refractivity contribution in [3.8, 4) is 0 Å². The standard InChI is InChI=1S/C6H11NO/c1-5-6(8-4)7(2)3/h1H2,2-4H3. The van der Waals surface area contributed by atoms with Gasteiger partial charge in [0.1, 0.15) is 0 Å². The third-order valence-electron chi connectivity index (χ3n) is 0.751. The summed E-state index contributed by atoms with van der Waals surface area (Å²) in [6, 6.07) is 0. The second kappa shape index (κ2) is 3.16. The molecule has 0 saturated carbocycles. The van der Waals surface area contributed by atoms with E-state index in [4.69, 9.17) is 4.74 Å². The van der Waals surface area contributed by atoms with Crippen LogP contribution in [0.1, 0.15) is 0 Å². The van der Waals surface area contributed by atoms with Gasteiger partial charge in [0.05, 0.1) is 7.11 Å². The molecule has 0 atom stereocenters. The maximum absolute atomic E-state index is 4.83. The largest absolute Gasteiger partial charge is 0.477 e. The van der Waals surface area contributed by atoms with E-state index in [1.165, 1.54) is 0 Å². The zero-order valence-electron chi connectivity index (χ0n) is 5.56. The zero-order valence-corrected chi connectivity index (χ0v) is 5.56. The Morgan fingerprint density at radius 3 is 2.12 bits per heavy atom. The van der Waals surface area contributed by atoms with Gasteiger partial charge in [-0.2, -0.15) is 0 Å². The number of methoxy groups -OCH3 is 1. The van der Waals surface area contributed by atoms with E-state index in [1.54, 1.807) is 12.0 Å². The Labute approximate surface area is 50.1 Å². The predicted octanol–water partition coefficient (Wildman–Crippen LogP) is 0.821. The molecule has 0 rings (SSSR count). The van der Waals surface area contributed by atoms with Gasteiger partial charge >= 0.3 is 0 Å².